The summed E-state index contributed by atoms with van der Waals surface area (Å²) in [5, 5.41) is 42.2. The zero-order valence-corrected chi connectivity index (χ0v) is 35.7. The first-order chi connectivity index (χ1) is 32.1. The van der Waals surface area contributed by atoms with Gasteiger partial charge in [-0.1, -0.05) is 18.2 Å². The van der Waals surface area contributed by atoms with Crippen molar-refractivity contribution in [3.05, 3.63) is 158 Å². The molecule has 67 heavy (non-hydrogen) atoms. The number of furan rings is 2. The van der Waals surface area contributed by atoms with Crippen LogP contribution in [0.2, 0.25) is 0 Å². The molecule has 2 aromatic heterocycles. The summed E-state index contributed by atoms with van der Waals surface area (Å²) in [5.74, 6) is 0.503. The Bertz CT molecular complexity index is 2960. The Morgan fingerprint density at radius 1 is 0.731 bits per heavy atom. The van der Waals surface area contributed by atoms with Gasteiger partial charge >= 0.3 is 12.1 Å². The second-order valence-electron chi connectivity index (χ2n) is 13.7. The van der Waals surface area contributed by atoms with Crippen molar-refractivity contribution in [1.29, 1.82) is 0 Å². The fourth-order valence-electron chi connectivity index (χ4n) is 6.21. The molecule has 0 saturated carbocycles. The fourth-order valence-corrected chi connectivity index (χ4v) is 6.21. The molecule has 8 rings (SSSR count). The summed E-state index contributed by atoms with van der Waals surface area (Å²) >= 11 is 0. The first-order valence-corrected chi connectivity index (χ1v) is 19.3. The Hall–Kier alpha value is -9.62. The van der Waals surface area contributed by atoms with Crippen LogP contribution in [0.3, 0.4) is 0 Å². The van der Waals surface area contributed by atoms with E-state index in [0.717, 1.165) is 5.71 Å². The molecule has 0 radical (unpaired) electrons. The summed E-state index contributed by atoms with van der Waals surface area (Å²) in [5.41, 5.74) is 3.50. The van der Waals surface area contributed by atoms with Crippen molar-refractivity contribution in [2.45, 2.75) is 20.3 Å². The van der Waals surface area contributed by atoms with Crippen molar-refractivity contribution in [2.75, 3.05) is 24.2 Å². The Labute approximate surface area is 378 Å². The molecule has 340 valence electrons. The van der Waals surface area contributed by atoms with Gasteiger partial charge in [-0.2, -0.15) is 24.8 Å². The molecule has 0 aliphatic carbocycles. The smallest absolute Gasteiger partial charge is 0.373 e. The van der Waals surface area contributed by atoms with Crippen LogP contribution in [0, 0.1) is 20.2 Å². The number of methoxy groups -OCH3 is 2. The van der Waals surface area contributed by atoms with Crippen molar-refractivity contribution in [1.82, 2.24) is 0 Å². The minimum atomic E-state index is -0.987. The number of nitrogens with zero attached hydrogens (tertiary/aromatic N) is 6. The zero-order valence-electron chi connectivity index (χ0n) is 35.7. The number of amides is 2. The van der Waals surface area contributed by atoms with E-state index in [9.17, 15) is 39.4 Å². The summed E-state index contributed by atoms with van der Waals surface area (Å²) in [4.78, 5) is 83.1. The lowest BCUT2D eigenvalue weighted by Gasteiger charge is -2.11. The van der Waals surface area contributed by atoms with E-state index < -0.39 is 15.8 Å². The van der Waals surface area contributed by atoms with E-state index in [1.54, 1.807) is 74.5 Å². The number of hydrazone groups is 2. The topological polar surface area (TPSA) is 285 Å². The van der Waals surface area contributed by atoms with Gasteiger partial charge in [-0.05, 0) is 105 Å². The highest BCUT2D eigenvalue weighted by Gasteiger charge is 2.29. The lowest BCUT2D eigenvalue weighted by Crippen LogP contribution is -2.21. The van der Waals surface area contributed by atoms with Crippen LogP contribution in [0.1, 0.15) is 46.9 Å². The number of anilines is 2. The maximum atomic E-state index is 12.8. The average molecular weight is 913 g/mol. The molecule has 0 saturated heterocycles. The minimum Gasteiger partial charge on any atom is -0.497 e. The molecule has 0 atom stereocenters. The monoisotopic (exact) mass is 912 g/mol. The fraction of sp³-hybridized carbons (Fsp3) is 0.109. The standard InChI is InChI=1S/C22H17N3O5.C12H9NO5.C11H10N2O3.CO2/c1-14-19(22(26)24(23-14)15-6-4-3-5-7-15)12-17-9-11-21(30-17)18-10-8-16(29-2)13-20(18)25(27)28;1-17-8-2-4-10(11(6-8)13(15)16)12-5-3-9(7-14)18-12;1-7-6-10(14)13(12-7)9-4-2-8(3-5-9)11(15)16;2-1-3/h3-13H,1-2H3;2-7H,1H3;2-5H,6H2,1H3,(H,15,16);/b19-12-;;;. The Kier molecular flexibility index (Phi) is 16.0. The highest BCUT2D eigenvalue weighted by Crippen LogP contribution is 2.36. The number of benzene rings is 4. The Morgan fingerprint density at radius 2 is 1.24 bits per heavy atom. The van der Waals surface area contributed by atoms with E-state index in [1.165, 1.54) is 66.7 Å². The van der Waals surface area contributed by atoms with Gasteiger partial charge in [0.2, 0.25) is 0 Å². The van der Waals surface area contributed by atoms with Crippen LogP contribution in [0.5, 0.6) is 11.5 Å². The minimum absolute atomic E-state index is 0.0967. The molecule has 1 N–H and O–H groups in total. The molecule has 21 nitrogen and oxygen atoms in total. The molecule has 6 aromatic rings. The lowest BCUT2D eigenvalue weighted by atomic mass is 10.1. The maximum absolute atomic E-state index is 12.8. The highest BCUT2D eigenvalue weighted by atomic mass is 16.6. The normalized spacial score (nSPS) is 13.1. The highest BCUT2D eigenvalue weighted by molar-refractivity contribution is 6.32. The van der Waals surface area contributed by atoms with E-state index in [2.05, 4.69) is 10.2 Å². The number of aldehydes is 1. The Balaban J connectivity index is 0.000000195. The molecular weight excluding hydrogens is 877 g/mol. The Morgan fingerprint density at radius 3 is 1.69 bits per heavy atom. The van der Waals surface area contributed by atoms with Crippen molar-refractivity contribution in [3.63, 3.8) is 0 Å². The molecule has 0 fully saturated rings. The largest absolute Gasteiger partial charge is 0.497 e. The second-order valence-corrected chi connectivity index (χ2v) is 13.7. The third-order valence-electron chi connectivity index (χ3n) is 9.33. The second kappa shape index (κ2) is 22.1. The summed E-state index contributed by atoms with van der Waals surface area (Å²) in [6.07, 6.45) is 2.70. The molecule has 0 bridgehead atoms. The first kappa shape index (κ1) is 48.4. The predicted molar refractivity (Wildman–Crippen MR) is 239 cm³/mol. The van der Waals surface area contributed by atoms with Crippen LogP contribution >= 0.6 is 0 Å². The van der Waals surface area contributed by atoms with E-state index in [4.69, 9.17) is 33.0 Å². The number of carboxylic acid groups (broad SMARTS) is 1. The van der Waals surface area contributed by atoms with Crippen LogP contribution in [-0.2, 0) is 19.2 Å². The summed E-state index contributed by atoms with van der Waals surface area (Å²) in [6, 6.07) is 30.4. The van der Waals surface area contributed by atoms with Gasteiger partial charge in [0.05, 0.1) is 82.0 Å². The van der Waals surface area contributed by atoms with Crippen LogP contribution in [0.4, 0.5) is 22.7 Å². The number of rotatable bonds is 11. The van der Waals surface area contributed by atoms with E-state index in [0.29, 0.717) is 69.5 Å². The number of carbonyl (C=O) groups is 4. The molecule has 4 heterocycles. The van der Waals surface area contributed by atoms with Gasteiger partial charge in [0.15, 0.2) is 12.0 Å². The molecule has 2 amide bonds. The number of hydrogen-bond acceptors (Lipinski definition) is 16. The number of hydrogen-bond donors (Lipinski definition) is 1. The van der Waals surface area contributed by atoms with Crippen molar-refractivity contribution >= 4 is 70.5 Å². The number of ether oxygens (including phenoxy) is 2. The van der Waals surface area contributed by atoms with E-state index in [-0.39, 0.29) is 46.4 Å². The first-order valence-electron chi connectivity index (χ1n) is 19.3. The molecule has 2 aliphatic rings. The quantitative estimate of drug-likeness (QED) is 0.0554. The van der Waals surface area contributed by atoms with Gasteiger partial charge in [0, 0.05) is 5.71 Å². The van der Waals surface area contributed by atoms with Crippen LogP contribution in [-0.4, -0.2) is 70.8 Å². The van der Waals surface area contributed by atoms with Gasteiger partial charge in [-0.25, -0.2) is 9.80 Å². The molecule has 0 spiro atoms. The van der Waals surface area contributed by atoms with Crippen LogP contribution in [0.25, 0.3) is 28.7 Å². The van der Waals surface area contributed by atoms with Gasteiger partial charge < -0.3 is 23.4 Å². The number of nitro groups is 2. The number of carboxylic acids is 1. The van der Waals surface area contributed by atoms with Crippen LogP contribution < -0.4 is 19.5 Å². The molecule has 0 unspecified atom stereocenters. The number of nitro benzene ring substituents is 2. The maximum Gasteiger partial charge on any atom is 0.373 e. The number of carbonyl (C=O) groups excluding carboxylic acids is 5. The summed E-state index contributed by atoms with van der Waals surface area (Å²) in [6.45, 7) is 3.52. The van der Waals surface area contributed by atoms with Gasteiger partial charge in [0.1, 0.15) is 28.8 Å². The van der Waals surface area contributed by atoms with Gasteiger partial charge in [-0.3, -0.25) is 34.6 Å². The van der Waals surface area contributed by atoms with Crippen molar-refractivity contribution in [2.24, 2.45) is 10.2 Å². The van der Waals surface area contributed by atoms with Gasteiger partial charge in [0.25, 0.3) is 23.2 Å². The number of para-hydroxylation sites is 1. The zero-order chi connectivity index (χ0) is 48.8. The van der Waals surface area contributed by atoms with Crippen LogP contribution in [0.15, 0.2) is 140 Å². The predicted octanol–water partition coefficient (Wildman–Crippen LogP) is 8.26. The van der Waals surface area contributed by atoms with Gasteiger partial charge in [-0.15, -0.1) is 0 Å². The van der Waals surface area contributed by atoms with E-state index >= 15 is 0 Å². The third kappa shape index (κ3) is 11.9. The SMILES string of the molecule is CC1=NN(c2ccc(C(=O)O)cc2)C(=O)C1.COc1ccc(-c2ccc(/C=C3\C(=O)N(c4ccccc4)N=C3C)o2)c([N+](=O)[O-])c1.COc1ccc(-c2ccc(C=O)o2)c([N+](=O)[O-])c1.O=C=O. The van der Waals surface area contributed by atoms with Crippen molar-refractivity contribution < 1.29 is 62.0 Å². The molecule has 4 aromatic carbocycles. The number of aromatic carboxylic acids is 1. The molecular formula is C46H36N6O15. The third-order valence-corrected chi connectivity index (χ3v) is 9.33. The van der Waals surface area contributed by atoms with Crippen molar-refractivity contribution in [3.8, 4) is 34.1 Å². The van der Waals surface area contributed by atoms with E-state index in [1.807, 2.05) is 18.2 Å². The average Bonchev–Trinajstić information content (AvgIpc) is 4.14. The summed E-state index contributed by atoms with van der Waals surface area (Å²) in [7, 11) is 2.87. The molecule has 2 aliphatic heterocycles. The summed E-state index contributed by atoms with van der Waals surface area (Å²) < 4.78 is 20.9. The molecule has 21 heteroatoms. The lowest BCUT2D eigenvalue weighted by molar-refractivity contribution is -0.384.